The van der Waals surface area contributed by atoms with Gasteiger partial charge in [0, 0.05) is 0 Å². The van der Waals surface area contributed by atoms with Gasteiger partial charge in [0.05, 0.1) is 16.8 Å². The lowest BCUT2D eigenvalue weighted by Gasteiger charge is -2.05. The van der Waals surface area contributed by atoms with Gasteiger partial charge >= 0.3 is 11.9 Å². The predicted octanol–water partition coefficient (Wildman–Crippen LogP) is 3.92. The number of thiazole rings is 1. The molecule has 0 unspecified atom stereocenters. The molecule has 0 N–H and O–H groups in total. The van der Waals surface area contributed by atoms with Crippen molar-refractivity contribution in [2.75, 3.05) is 6.61 Å². The van der Waals surface area contributed by atoms with Gasteiger partial charge in [-0.05, 0) is 59.1 Å². The standard InChI is InChI=1S/C18H17BrN2O4S/c1-3-11-5-6-12-14(9-11)26-18(21(12)10-16(22)24-4-2)20-17(23)13-7-8-15(19)25-13/h5-9H,3-4,10H2,1-2H3. The predicted molar refractivity (Wildman–Crippen MR) is 102 cm³/mol. The van der Waals surface area contributed by atoms with E-state index < -0.39 is 5.91 Å². The highest BCUT2D eigenvalue weighted by molar-refractivity contribution is 9.10. The molecular weight excluding hydrogens is 420 g/mol. The first kappa shape index (κ1) is 18.6. The van der Waals surface area contributed by atoms with Gasteiger partial charge in [0.25, 0.3) is 0 Å². The molecule has 0 aliphatic carbocycles. The zero-order valence-electron chi connectivity index (χ0n) is 14.3. The summed E-state index contributed by atoms with van der Waals surface area (Å²) in [6.07, 6.45) is 0.900. The summed E-state index contributed by atoms with van der Waals surface area (Å²) < 4.78 is 13.4. The van der Waals surface area contributed by atoms with Gasteiger partial charge in [-0.2, -0.15) is 4.99 Å². The lowest BCUT2D eigenvalue weighted by atomic mass is 10.2. The normalized spacial score (nSPS) is 11.9. The van der Waals surface area contributed by atoms with Gasteiger partial charge in [-0.25, -0.2) is 0 Å². The number of carbonyl (C=O) groups excluding carboxylic acids is 2. The largest absolute Gasteiger partial charge is 0.465 e. The lowest BCUT2D eigenvalue weighted by molar-refractivity contribution is -0.143. The maximum absolute atomic E-state index is 12.4. The van der Waals surface area contributed by atoms with Crippen LogP contribution in [0.3, 0.4) is 0 Å². The molecule has 1 amide bonds. The summed E-state index contributed by atoms with van der Waals surface area (Å²) in [7, 11) is 0. The van der Waals surface area contributed by atoms with E-state index in [1.807, 2.05) is 12.1 Å². The summed E-state index contributed by atoms with van der Waals surface area (Å²) in [6.45, 7) is 4.12. The van der Waals surface area contributed by atoms with Crippen molar-refractivity contribution in [3.8, 4) is 0 Å². The van der Waals surface area contributed by atoms with Gasteiger partial charge in [0.15, 0.2) is 15.2 Å². The van der Waals surface area contributed by atoms with Crippen LogP contribution in [0.4, 0.5) is 0 Å². The minimum absolute atomic E-state index is 0.00667. The Bertz CT molecular complexity index is 1030. The minimum Gasteiger partial charge on any atom is -0.465 e. The van der Waals surface area contributed by atoms with Crippen LogP contribution in [0.5, 0.6) is 0 Å². The van der Waals surface area contributed by atoms with Crippen molar-refractivity contribution >= 4 is 49.4 Å². The van der Waals surface area contributed by atoms with Gasteiger partial charge in [-0.15, -0.1) is 0 Å². The van der Waals surface area contributed by atoms with Crippen LogP contribution < -0.4 is 4.80 Å². The summed E-state index contributed by atoms with van der Waals surface area (Å²) in [5.41, 5.74) is 2.02. The Labute approximate surface area is 162 Å². The second-order valence-corrected chi connectivity index (χ2v) is 7.24. The molecule has 2 heterocycles. The molecule has 6 nitrogen and oxygen atoms in total. The van der Waals surface area contributed by atoms with E-state index in [0.717, 1.165) is 16.6 Å². The number of fused-ring (bicyclic) bond motifs is 1. The van der Waals surface area contributed by atoms with Crippen molar-refractivity contribution in [1.29, 1.82) is 0 Å². The molecule has 26 heavy (non-hydrogen) atoms. The van der Waals surface area contributed by atoms with Crippen molar-refractivity contribution in [3.05, 3.63) is 51.1 Å². The summed E-state index contributed by atoms with van der Waals surface area (Å²) in [5.74, 6) is -0.747. The summed E-state index contributed by atoms with van der Waals surface area (Å²) in [5, 5.41) is 0. The topological polar surface area (TPSA) is 73.8 Å². The van der Waals surface area contributed by atoms with E-state index >= 15 is 0 Å². The highest BCUT2D eigenvalue weighted by atomic mass is 79.9. The fraction of sp³-hybridized carbons (Fsp3) is 0.278. The van der Waals surface area contributed by atoms with E-state index in [1.165, 1.54) is 16.9 Å². The van der Waals surface area contributed by atoms with Crippen LogP contribution in [-0.4, -0.2) is 23.1 Å². The maximum Gasteiger partial charge on any atom is 0.326 e. The molecule has 0 aliphatic rings. The van der Waals surface area contributed by atoms with Crippen molar-refractivity contribution in [2.45, 2.75) is 26.8 Å². The van der Waals surface area contributed by atoms with E-state index in [-0.39, 0.29) is 18.3 Å². The zero-order valence-corrected chi connectivity index (χ0v) is 16.7. The molecular formula is C18H17BrN2O4S. The Balaban J connectivity index is 2.10. The molecule has 8 heteroatoms. The third-order valence-corrected chi connectivity index (χ3v) is 5.20. The van der Waals surface area contributed by atoms with Gasteiger partial charge in [-0.3, -0.25) is 9.59 Å². The van der Waals surface area contributed by atoms with Crippen LogP contribution in [0.2, 0.25) is 0 Å². The van der Waals surface area contributed by atoms with E-state index in [9.17, 15) is 9.59 Å². The van der Waals surface area contributed by atoms with E-state index in [4.69, 9.17) is 9.15 Å². The number of hydrogen-bond acceptors (Lipinski definition) is 5. The molecule has 0 saturated carbocycles. The molecule has 2 aromatic heterocycles. The second kappa shape index (κ2) is 8.01. The number of rotatable bonds is 5. The van der Waals surface area contributed by atoms with Gasteiger partial charge < -0.3 is 13.7 Å². The molecule has 1 aromatic carbocycles. The SMILES string of the molecule is CCOC(=O)Cn1c(=NC(=O)c2ccc(Br)o2)sc2cc(CC)ccc21. The Kier molecular flexibility index (Phi) is 5.73. The second-order valence-electron chi connectivity index (χ2n) is 5.45. The average molecular weight is 437 g/mol. The molecule has 0 aliphatic heterocycles. The molecule has 0 fully saturated rings. The first-order chi connectivity index (χ1) is 12.5. The van der Waals surface area contributed by atoms with Crippen molar-refractivity contribution in [2.24, 2.45) is 4.99 Å². The molecule has 3 aromatic rings. The van der Waals surface area contributed by atoms with Gasteiger partial charge in [-0.1, -0.05) is 24.3 Å². The third-order valence-electron chi connectivity index (χ3n) is 3.73. The number of furan rings is 1. The Hall–Kier alpha value is -2.19. The first-order valence-corrected chi connectivity index (χ1v) is 9.75. The maximum atomic E-state index is 12.4. The fourth-order valence-corrected chi connectivity index (χ4v) is 3.88. The molecule has 0 atom stereocenters. The van der Waals surface area contributed by atoms with Crippen molar-refractivity contribution < 1.29 is 18.7 Å². The fourth-order valence-electron chi connectivity index (χ4n) is 2.48. The number of nitrogens with zero attached hydrogens (tertiary/aromatic N) is 2. The van der Waals surface area contributed by atoms with E-state index in [1.54, 1.807) is 23.6 Å². The number of aromatic nitrogens is 1. The molecule has 3 rings (SSSR count). The van der Waals surface area contributed by atoms with Crippen molar-refractivity contribution in [3.63, 3.8) is 0 Å². The lowest BCUT2D eigenvalue weighted by Crippen LogP contribution is -2.23. The summed E-state index contributed by atoms with van der Waals surface area (Å²) in [6, 6.07) is 9.18. The van der Waals surface area contributed by atoms with E-state index in [0.29, 0.717) is 16.1 Å². The number of ether oxygens (including phenoxy) is 1. The highest BCUT2D eigenvalue weighted by Crippen LogP contribution is 2.20. The molecule has 0 radical (unpaired) electrons. The Morgan fingerprint density at radius 2 is 2.08 bits per heavy atom. The molecule has 0 spiro atoms. The molecule has 136 valence electrons. The smallest absolute Gasteiger partial charge is 0.326 e. The van der Waals surface area contributed by atoms with Crippen LogP contribution >= 0.6 is 27.3 Å². The summed E-state index contributed by atoms with van der Waals surface area (Å²) in [4.78, 5) is 29.0. The number of hydrogen-bond donors (Lipinski definition) is 0. The number of carbonyl (C=O) groups is 2. The number of amides is 1. The molecule has 0 saturated heterocycles. The monoisotopic (exact) mass is 436 g/mol. The summed E-state index contributed by atoms with van der Waals surface area (Å²) >= 11 is 4.53. The van der Waals surface area contributed by atoms with Crippen LogP contribution in [0, 0.1) is 0 Å². The molecule has 0 bridgehead atoms. The quantitative estimate of drug-likeness (QED) is 0.567. The van der Waals surface area contributed by atoms with Crippen LogP contribution in [-0.2, 0) is 22.5 Å². The number of esters is 1. The third kappa shape index (κ3) is 3.96. The Morgan fingerprint density at radius 3 is 2.73 bits per heavy atom. The Morgan fingerprint density at radius 1 is 1.27 bits per heavy atom. The first-order valence-electron chi connectivity index (χ1n) is 8.14. The highest BCUT2D eigenvalue weighted by Gasteiger charge is 2.14. The zero-order chi connectivity index (χ0) is 18.7. The van der Waals surface area contributed by atoms with Crippen LogP contribution in [0.15, 0.2) is 44.4 Å². The number of aryl methyl sites for hydroxylation is 1. The van der Waals surface area contributed by atoms with Gasteiger partial charge in [0.2, 0.25) is 0 Å². The number of benzene rings is 1. The minimum atomic E-state index is -0.504. The van der Waals surface area contributed by atoms with Crippen molar-refractivity contribution in [1.82, 2.24) is 4.57 Å². The van der Waals surface area contributed by atoms with E-state index in [2.05, 4.69) is 33.9 Å². The average Bonchev–Trinajstić information content (AvgIpc) is 3.19. The van der Waals surface area contributed by atoms with Crippen LogP contribution in [0.25, 0.3) is 10.2 Å². The van der Waals surface area contributed by atoms with Crippen LogP contribution in [0.1, 0.15) is 30.0 Å². The number of halogens is 1. The van der Waals surface area contributed by atoms with Gasteiger partial charge in [0.1, 0.15) is 6.54 Å².